The van der Waals surface area contributed by atoms with E-state index in [4.69, 9.17) is 10.5 Å². The fraction of sp³-hybridized carbons (Fsp3) is 0.571. The Bertz CT molecular complexity index is 570. The van der Waals surface area contributed by atoms with Crippen molar-refractivity contribution in [2.45, 2.75) is 26.4 Å². The molecule has 1 aromatic rings. The van der Waals surface area contributed by atoms with E-state index in [2.05, 4.69) is 5.32 Å². The molecule has 112 valence electrons. The standard InChI is InChI=1S/C14H22N2O3S/c1-10(2)19-14-6-12(15)5-13(7-14)16-8-11-3-4-20(17,18)9-11/h5-7,10-11,16H,3-4,8-9,15H2,1-2H3. The second-order valence-electron chi connectivity index (χ2n) is 5.61. The molecule has 0 spiro atoms. The van der Waals surface area contributed by atoms with E-state index < -0.39 is 9.84 Å². The molecule has 0 aliphatic carbocycles. The minimum atomic E-state index is -2.82. The summed E-state index contributed by atoms with van der Waals surface area (Å²) < 4.78 is 28.5. The highest BCUT2D eigenvalue weighted by Crippen LogP contribution is 2.25. The summed E-state index contributed by atoms with van der Waals surface area (Å²) in [6, 6.07) is 5.50. The van der Waals surface area contributed by atoms with Gasteiger partial charge in [0, 0.05) is 30.1 Å². The van der Waals surface area contributed by atoms with E-state index in [0.717, 1.165) is 17.9 Å². The van der Waals surface area contributed by atoms with Gasteiger partial charge >= 0.3 is 0 Å². The predicted octanol–water partition coefficient (Wildman–Crippen LogP) is 1.90. The van der Waals surface area contributed by atoms with Crippen LogP contribution in [0.25, 0.3) is 0 Å². The zero-order chi connectivity index (χ0) is 14.8. The molecular weight excluding hydrogens is 276 g/mol. The lowest BCUT2D eigenvalue weighted by Gasteiger charge is -2.15. The fourth-order valence-corrected chi connectivity index (χ4v) is 4.22. The number of benzene rings is 1. The van der Waals surface area contributed by atoms with Gasteiger partial charge in [-0.3, -0.25) is 0 Å². The van der Waals surface area contributed by atoms with Gasteiger partial charge in [0.15, 0.2) is 9.84 Å². The molecule has 1 aliphatic rings. The van der Waals surface area contributed by atoms with Crippen molar-refractivity contribution >= 4 is 21.2 Å². The fourth-order valence-electron chi connectivity index (χ4n) is 2.36. The summed E-state index contributed by atoms with van der Waals surface area (Å²) in [7, 11) is -2.82. The Balaban J connectivity index is 1.97. The van der Waals surface area contributed by atoms with E-state index in [1.807, 2.05) is 26.0 Å². The van der Waals surface area contributed by atoms with Crippen molar-refractivity contribution in [2.75, 3.05) is 29.1 Å². The summed E-state index contributed by atoms with van der Waals surface area (Å²) >= 11 is 0. The Labute approximate surface area is 120 Å². The lowest BCUT2D eigenvalue weighted by Crippen LogP contribution is -2.16. The van der Waals surface area contributed by atoms with Gasteiger partial charge in [0.05, 0.1) is 17.6 Å². The molecule has 1 saturated heterocycles. The Morgan fingerprint density at radius 2 is 2.15 bits per heavy atom. The van der Waals surface area contributed by atoms with Gasteiger partial charge in [-0.15, -0.1) is 0 Å². The van der Waals surface area contributed by atoms with Gasteiger partial charge in [0.1, 0.15) is 5.75 Å². The van der Waals surface area contributed by atoms with Crippen LogP contribution in [-0.4, -0.2) is 32.6 Å². The van der Waals surface area contributed by atoms with Crippen molar-refractivity contribution < 1.29 is 13.2 Å². The van der Waals surface area contributed by atoms with Crippen molar-refractivity contribution in [1.29, 1.82) is 0 Å². The SMILES string of the molecule is CC(C)Oc1cc(N)cc(NCC2CCS(=O)(=O)C2)c1. The number of nitrogens with two attached hydrogens (primary N) is 1. The maximum absolute atomic E-state index is 11.4. The normalized spacial score (nSPS) is 21.1. The summed E-state index contributed by atoms with van der Waals surface area (Å²) in [5.41, 5.74) is 7.34. The third-order valence-corrected chi connectivity index (χ3v) is 5.06. The number of rotatable bonds is 5. The average molecular weight is 298 g/mol. The smallest absolute Gasteiger partial charge is 0.150 e. The first-order valence-corrected chi connectivity index (χ1v) is 8.68. The molecule has 20 heavy (non-hydrogen) atoms. The second-order valence-corrected chi connectivity index (χ2v) is 7.84. The molecule has 0 amide bonds. The Morgan fingerprint density at radius 3 is 2.75 bits per heavy atom. The largest absolute Gasteiger partial charge is 0.491 e. The van der Waals surface area contributed by atoms with Gasteiger partial charge in [0.2, 0.25) is 0 Å². The molecule has 1 atom stereocenters. The summed E-state index contributed by atoms with van der Waals surface area (Å²) in [6.07, 6.45) is 0.817. The van der Waals surface area contributed by atoms with Crippen LogP contribution in [0.1, 0.15) is 20.3 Å². The van der Waals surface area contributed by atoms with Crippen LogP contribution in [-0.2, 0) is 9.84 Å². The molecule has 1 aromatic carbocycles. The minimum Gasteiger partial charge on any atom is -0.491 e. The van der Waals surface area contributed by atoms with Crippen LogP contribution in [0.15, 0.2) is 18.2 Å². The Hall–Kier alpha value is -1.43. The first kappa shape index (κ1) is 15.0. The zero-order valence-corrected chi connectivity index (χ0v) is 12.7. The molecule has 0 radical (unpaired) electrons. The van der Waals surface area contributed by atoms with Gasteiger partial charge in [0.25, 0.3) is 0 Å². The molecule has 0 bridgehead atoms. The lowest BCUT2D eigenvalue weighted by atomic mass is 10.1. The van der Waals surface area contributed by atoms with Crippen LogP contribution in [0.3, 0.4) is 0 Å². The van der Waals surface area contributed by atoms with Crippen LogP contribution in [0.4, 0.5) is 11.4 Å². The molecule has 1 heterocycles. The zero-order valence-electron chi connectivity index (χ0n) is 11.9. The van der Waals surface area contributed by atoms with Crippen molar-refractivity contribution in [3.8, 4) is 5.75 Å². The number of nitrogen functional groups attached to an aromatic ring is 1. The topological polar surface area (TPSA) is 81.4 Å². The molecule has 0 aromatic heterocycles. The maximum atomic E-state index is 11.4. The molecule has 5 nitrogen and oxygen atoms in total. The number of anilines is 2. The van der Waals surface area contributed by atoms with E-state index in [1.165, 1.54) is 0 Å². The van der Waals surface area contributed by atoms with Crippen LogP contribution >= 0.6 is 0 Å². The number of hydrogen-bond donors (Lipinski definition) is 2. The molecule has 6 heteroatoms. The van der Waals surface area contributed by atoms with Gasteiger partial charge in [-0.05, 0) is 32.3 Å². The molecule has 1 aliphatic heterocycles. The van der Waals surface area contributed by atoms with Crippen LogP contribution in [0.5, 0.6) is 5.75 Å². The summed E-state index contributed by atoms with van der Waals surface area (Å²) in [4.78, 5) is 0. The van der Waals surface area contributed by atoms with Crippen molar-refractivity contribution in [3.05, 3.63) is 18.2 Å². The van der Waals surface area contributed by atoms with Crippen molar-refractivity contribution in [2.24, 2.45) is 5.92 Å². The first-order chi connectivity index (χ1) is 9.34. The summed E-state index contributed by atoms with van der Waals surface area (Å²) in [5.74, 6) is 1.48. The number of ether oxygens (including phenoxy) is 1. The summed E-state index contributed by atoms with van der Waals surface area (Å²) in [6.45, 7) is 4.56. The molecule has 3 N–H and O–H groups in total. The third-order valence-electron chi connectivity index (χ3n) is 3.22. The van der Waals surface area contributed by atoms with E-state index in [0.29, 0.717) is 18.0 Å². The highest BCUT2D eigenvalue weighted by molar-refractivity contribution is 7.91. The lowest BCUT2D eigenvalue weighted by molar-refractivity contribution is 0.242. The average Bonchev–Trinajstić information content (AvgIpc) is 2.65. The molecule has 0 saturated carbocycles. The predicted molar refractivity (Wildman–Crippen MR) is 81.9 cm³/mol. The van der Waals surface area contributed by atoms with Gasteiger partial charge in [-0.25, -0.2) is 8.42 Å². The highest BCUT2D eigenvalue weighted by Gasteiger charge is 2.27. The number of nitrogens with one attached hydrogen (secondary N) is 1. The highest BCUT2D eigenvalue weighted by atomic mass is 32.2. The minimum absolute atomic E-state index is 0.0876. The monoisotopic (exact) mass is 298 g/mol. The van der Waals surface area contributed by atoms with Gasteiger partial charge < -0.3 is 15.8 Å². The van der Waals surface area contributed by atoms with E-state index in [-0.39, 0.29) is 17.8 Å². The van der Waals surface area contributed by atoms with Gasteiger partial charge in [-0.1, -0.05) is 0 Å². The first-order valence-electron chi connectivity index (χ1n) is 6.85. The van der Waals surface area contributed by atoms with Crippen molar-refractivity contribution in [3.63, 3.8) is 0 Å². The third kappa shape index (κ3) is 4.30. The van der Waals surface area contributed by atoms with E-state index >= 15 is 0 Å². The Morgan fingerprint density at radius 1 is 1.40 bits per heavy atom. The summed E-state index contributed by atoms with van der Waals surface area (Å²) in [5, 5.41) is 3.25. The molecule has 1 fully saturated rings. The van der Waals surface area contributed by atoms with Gasteiger partial charge in [-0.2, -0.15) is 0 Å². The number of sulfone groups is 1. The molecule has 1 unspecified atom stereocenters. The van der Waals surface area contributed by atoms with E-state index in [9.17, 15) is 8.42 Å². The van der Waals surface area contributed by atoms with Crippen LogP contribution in [0.2, 0.25) is 0 Å². The maximum Gasteiger partial charge on any atom is 0.150 e. The van der Waals surface area contributed by atoms with Crippen LogP contribution < -0.4 is 15.8 Å². The molecular formula is C14H22N2O3S. The van der Waals surface area contributed by atoms with E-state index in [1.54, 1.807) is 6.07 Å². The number of hydrogen-bond acceptors (Lipinski definition) is 5. The quantitative estimate of drug-likeness (QED) is 0.811. The Kier molecular flexibility index (Phi) is 4.42. The van der Waals surface area contributed by atoms with Crippen molar-refractivity contribution in [1.82, 2.24) is 0 Å². The molecule has 2 rings (SSSR count). The second kappa shape index (κ2) is 5.91. The van der Waals surface area contributed by atoms with Crippen LogP contribution in [0, 0.1) is 5.92 Å².